The highest BCUT2D eigenvalue weighted by Crippen LogP contribution is 2.19. The Labute approximate surface area is 196 Å². The lowest BCUT2D eigenvalue weighted by Gasteiger charge is -2.26. The summed E-state index contributed by atoms with van der Waals surface area (Å²) in [4.78, 5) is 25.3. The molecule has 0 spiro atoms. The second kappa shape index (κ2) is 14.3. The molecule has 0 saturated carbocycles. The van der Waals surface area contributed by atoms with E-state index in [-0.39, 0.29) is 30.0 Å². The predicted octanol–water partition coefficient (Wildman–Crippen LogP) is 5.57. The van der Waals surface area contributed by atoms with Crippen LogP contribution in [0, 0.1) is 10.1 Å². The summed E-state index contributed by atoms with van der Waals surface area (Å²) >= 11 is 0. The van der Waals surface area contributed by atoms with E-state index in [9.17, 15) is 14.9 Å². The molecule has 1 unspecified atom stereocenters. The third kappa shape index (κ3) is 9.65. The average Bonchev–Trinajstić information content (AvgIpc) is 3.27. The maximum absolute atomic E-state index is 12.6. The van der Waals surface area contributed by atoms with Crippen LogP contribution in [0.15, 0.2) is 40.8 Å². The molecule has 8 heteroatoms. The minimum absolute atomic E-state index is 0.00252. The number of nitro groups is 1. The number of non-ortho nitro benzene ring substituents is 1. The number of ether oxygens (including phenoxy) is 1. The van der Waals surface area contributed by atoms with Gasteiger partial charge in [-0.2, -0.15) is 0 Å². The molecule has 1 atom stereocenters. The Morgan fingerprint density at radius 2 is 1.70 bits per heavy atom. The maximum atomic E-state index is 12.6. The lowest BCUT2D eigenvalue weighted by Crippen LogP contribution is -2.42. The molecule has 0 fully saturated rings. The van der Waals surface area contributed by atoms with Crippen molar-refractivity contribution in [3.05, 3.63) is 58.0 Å². The number of hydrogen-bond donors (Lipinski definition) is 1. The first kappa shape index (κ1) is 26.4. The molecule has 0 aliphatic heterocycles. The quantitative estimate of drug-likeness (QED) is 0.200. The Morgan fingerprint density at radius 1 is 1.06 bits per heavy atom. The fourth-order valence-electron chi connectivity index (χ4n) is 3.59. The zero-order valence-electron chi connectivity index (χ0n) is 20.0. The Bertz CT molecular complexity index is 840. The van der Waals surface area contributed by atoms with Gasteiger partial charge in [-0.15, -0.1) is 0 Å². The monoisotopic (exact) mass is 459 g/mol. The summed E-state index contributed by atoms with van der Waals surface area (Å²) in [5, 5.41) is 13.8. The van der Waals surface area contributed by atoms with Gasteiger partial charge in [0.2, 0.25) is 0 Å². The molecule has 1 aromatic carbocycles. The van der Waals surface area contributed by atoms with Gasteiger partial charge >= 0.3 is 0 Å². The number of furan rings is 1. The molecule has 1 aromatic heterocycles. The number of unbranched alkanes of at least 4 members (excludes halogenated alkanes) is 4. The second-order valence-electron chi connectivity index (χ2n) is 8.39. The molecule has 0 radical (unpaired) electrons. The molecule has 2 aromatic rings. The number of nitrogens with one attached hydrogen (secondary N) is 1. The van der Waals surface area contributed by atoms with Crippen molar-refractivity contribution in [1.29, 1.82) is 0 Å². The number of carbonyl (C=O) groups is 1. The van der Waals surface area contributed by atoms with Crippen LogP contribution in [0.2, 0.25) is 0 Å². The molecule has 1 N–H and O–H groups in total. The van der Waals surface area contributed by atoms with Gasteiger partial charge < -0.3 is 19.4 Å². The van der Waals surface area contributed by atoms with Crippen LogP contribution in [-0.2, 0) is 6.61 Å². The Morgan fingerprint density at radius 3 is 2.27 bits per heavy atom. The molecule has 1 heterocycles. The van der Waals surface area contributed by atoms with Crippen molar-refractivity contribution in [2.45, 2.75) is 71.9 Å². The SMILES string of the molecule is CCCCCN(CCCCC)CC(C)NC(=O)c1ccc(COc2ccc([N+](=O)[O-])cc2)o1. The molecule has 8 nitrogen and oxygen atoms in total. The van der Waals surface area contributed by atoms with Gasteiger partial charge in [-0.1, -0.05) is 39.5 Å². The van der Waals surface area contributed by atoms with Gasteiger partial charge in [0.15, 0.2) is 5.76 Å². The van der Waals surface area contributed by atoms with E-state index in [4.69, 9.17) is 9.15 Å². The lowest BCUT2D eigenvalue weighted by molar-refractivity contribution is -0.384. The van der Waals surface area contributed by atoms with E-state index in [0.717, 1.165) is 19.6 Å². The van der Waals surface area contributed by atoms with Crippen LogP contribution in [0.25, 0.3) is 0 Å². The zero-order valence-corrected chi connectivity index (χ0v) is 20.0. The largest absolute Gasteiger partial charge is 0.486 e. The van der Waals surface area contributed by atoms with Crippen molar-refractivity contribution in [1.82, 2.24) is 10.2 Å². The molecule has 1 amide bonds. The van der Waals surface area contributed by atoms with Crippen molar-refractivity contribution in [3.63, 3.8) is 0 Å². The first-order valence-corrected chi connectivity index (χ1v) is 11.9. The van der Waals surface area contributed by atoms with Gasteiger partial charge in [0.05, 0.1) is 4.92 Å². The van der Waals surface area contributed by atoms with Crippen molar-refractivity contribution >= 4 is 11.6 Å². The summed E-state index contributed by atoms with van der Waals surface area (Å²) in [6.45, 7) is 9.49. The number of amides is 1. The Balaban J connectivity index is 1.82. The molecule has 0 aliphatic rings. The zero-order chi connectivity index (χ0) is 24.1. The minimum atomic E-state index is -0.460. The fraction of sp³-hybridized carbons (Fsp3) is 0.560. The highest BCUT2D eigenvalue weighted by atomic mass is 16.6. The van der Waals surface area contributed by atoms with Crippen LogP contribution in [0.3, 0.4) is 0 Å². The third-order valence-corrected chi connectivity index (χ3v) is 5.38. The summed E-state index contributed by atoms with van der Waals surface area (Å²) in [5.41, 5.74) is 0.00252. The number of nitrogens with zero attached hydrogens (tertiary/aromatic N) is 2. The van der Waals surface area contributed by atoms with E-state index in [2.05, 4.69) is 24.1 Å². The van der Waals surface area contributed by atoms with Crippen LogP contribution < -0.4 is 10.1 Å². The van der Waals surface area contributed by atoms with Crippen molar-refractivity contribution < 1.29 is 18.9 Å². The number of hydrogen-bond acceptors (Lipinski definition) is 6. The van der Waals surface area contributed by atoms with Gasteiger partial charge in [0.1, 0.15) is 18.1 Å². The summed E-state index contributed by atoms with van der Waals surface area (Å²) in [6.07, 6.45) is 7.21. The van der Waals surface area contributed by atoms with Crippen molar-refractivity contribution in [2.75, 3.05) is 19.6 Å². The molecule has 0 saturated heterocycles. The highest BCUT2D eigenvalue weighted by Gasteiger charge is 2.17. The van der Waals surface area contributed by atoms with Crippen LogP contribution in [0.1, 0.15) is 75.6 Å². The average molecular weight is 460 g/mol. The summed E-state index contributed by atoms with van der Waals surface area (Å²) in [7, 11) is 0. The molecular weight excluding hydrogens is 422 g/mol. The Hall–Kier alpha value is -2.87. The van der Waals surface area contributed by atoms with Gasteiger partial charge in [-0.25, -0.2) is 0 Å². The van der Waals surface area contributed by atoms with Crippen LogP contribution >= 0.6 is 0 Å². The highest BCUT2D eigenvalue weighted by molar-refractivity contribution is 5.91. The number of nitro benzene ring substituents is 1. The minimum Gasteiger partial charge on any atom is -0.486 e. The van der Waals surface area contributed by atoms with E-state index >= 15 is 0 Å². The standard InChI is InChI=1S/C25H37N3O5/c1-4-6-8-16-27(17-9-7-5-2)18-20(3)26-25(29)24-15-14-23(33-24)19-32-22-12-10-21(11-13-22)28(30)31/h10-15,20H,4-9,16-19H2,1-3H3,(H,26,29). The first-order valence-electron chi connectivity index (χ1n) is 11.9. The predicted molar refractivity (Wildman–Crippen MR) is 129 cm³/mol. The van der Waals surface area contributed by atoms with E-state index in [1.54, 1.807) is 12.1 Å². The van der Waals surface area contributed by atoms with Gasteiger partial charge in [0, 0.05) is 24.7 Å². The molecule has 33 heavy (non-hydrogen) atoms. The van der Waals surface area contributed by atoms with Gasteiger partial charge in [-0.05, 0) is 57.1 Å². The van der Waals surface area contributed by atoms with E-state index in [0.29, 0.717) is 11.5 Å². The molecule has 182 valence electrons. The molecule has 0 bridgehead atoms. The fourth-order valence-corrected chi connectivity index (χ4v) is 3.59. The summed E-state index contributed by atoms with van der Waals surface area (Å²) in [6, 6.07) is 9.16. The van der Waals surface area contributed by atoms with E-state index < -0.39 is 4.92 Å². The second-order valence-corrected chi connectivity index (χ2v) is 8.39. The van der Waals surface area contributed by atoms with E-state index in [1.807, 2.05) is 6.92 Å². The van der Waals surface area contributed by atoms with Gasteiger partial charge in [-0.3, -0.25) is 14.9 Å². The number of carbonyl (C=O) groups excluding carboxylic acids is 1. The lowest BCUT2D eigenvalue weighted by atomic mass is 10.2. The first-order chi connectivity index (χ1) is 15.9. The van der Waals surface area contributed by atoms with Crippen molar-refractivity contribution in [2.24, 2.45) is 0 Å². The third-order valence-electron chi connectivity index (χ3n) is 5.38. The molecular formula is C25H37N3O5. The number of benzene rings is 1. The topological polar surface area (TPSA) is 97.9 Å². The van der Waals surface area contributed by atoms with E-state index in [1.165, 1.54) is 62.8 Å². The Kier molecular flexibility index (Phi) is 11.4. The molecule has 2 rings (SSSR count). The van der Waals surface area contributed by atoms with Gasteiger partial charge in [0.25, 0.3) is 11.6 Å². The normalized spacial score (nSPS) is 12.0. The summed E-state index contributed by atoms with van der Waals surface area (Å²) < 4.78 is 11.2. The molecule has 0 aliphatic carbocycles. The van der Waals surface area contributed by atoms with Crippen LogP contribution in [0.5, 0.6) is 5.75 Å². The summed E-state index contributed by atoms with van der Waals surface area (Å²) in [5.74, 6) is 0.994. The van der Waals surface area contributed by atoms with Crippen molar-refractivity contribution in [3.8, 4) is 5.75 Å². The van der Waals surface area contributed by atoms with Crippen LogP contribution in [0.4, 0.5) is 5.69 Å². The number of rotatable bonds is 16. The smallest absolute Gasteiger partial charge is 0.287 e. The van der Waals surface area contributed by atoms with Crippen LogP contribution in [-0.4, -0.2) is 41.4 Å². The maximum Gasteiger partial charge on any atom is 0.287 e.